The van der Waals surface area contributed by atoms with Gasteiger partial charge in [-0.1, -0.05) is 24.3 Å². The second-order valence-electron chi connectivity index (χ2n) is 8.49. The second kappa shape index (κ2) is 10.5. The molecule has 1 N–H and O–H groups in total. The Balaban J connectivity index is 1.78. The molecule has 1 saturated heterocycles. The number of carbonyl (C=O) groups excluding carboxylic acids is 2. The summed E-state index contributed by atoms with van der Waals surface area (Å²) in [6.07, 6.45) is 0.662. The zero-order valence-corrected chi connectivity index (χ0v) is 20.4. The van der Waals surface area contributed by atoms with Gasteiger partial charge in [0.1, 0.15) is 17.2 Å². The van der Waals surface area contributed by atoms with Crippen LogP contribution in [0, 0.1) is 12.8 Å². The lowest BCUT2D eigenvalue weighted by atomic mass is 9.82. The Hall–Kier alpha value is -4.00. The fourth-order valence-corrected chi connectivity index (χ4v) is 4.63. The standard InChI is InChI=1S/C28H30N2O5/c1-18-9-15-25(35-4)23(17-18)29-28(32)22-14-16-26(31)30(19-10-12-20(33-2)13-11-19)27(22)21-7-5-6-8-24(21)34-3/h5-13,15,17,22,27H,14,16H2,1-4H3,(H,29,32)/t22-,27-/m1/s1. The topological polar surface area (TPSA) is 77.1 Å². The maximum Gasteiger partial charge on any atom is 0.230 e. The molecule has 0 unspecified atom stereocenters. The predicted molar refractivity (Wildman–Crippen MR) is 135 cm³/mol. The normalized spacial score (nSPS) is 17.6. The van der Waals surface area contributed by atoms with Crippen LogP contribution in [0.4, 0.5) is 11.4 Å². The number of methoxy groups -OCH3 is 3. The lowest BCUT2D eigenvalue weighted by Gasteiger charge is -2.41. The van der Waals surface area contributed by atoms with Crippen molar-refractivity contribution in [3.8, 4) is 17.2 Å². The minimum absolute atomic E-state index is 0.0525. The number of anilines is 2. The third-order valence-corrected chi connectivity index (χ3v) is 6.35. The summed E-state index contributed by atoms with van der Waals surface area (Å²) in [7, 11) is 4.76. The SMILES string of the molecule is COc1ccc(N2C(=O)CC[C@@H](C(=O)Nc3cc(C)ccc3OC)[C@H]2c2ccccc2OC)cc1. The number of aryl methyl sites for hydroxylation is 1. The molecule has 2 amide bonds. The number of nitrogens with zero attached hydrogens (tertiary/aromatic N) is 1. The van der Waals surface area contributed by atoms with Gasteiger partial charge in [0.15, 0.2) is 0 Å². The highest BCUT2D eigenvalue weighted by atomic mass is 16.5. The number of carbonyl (C=O) groups is 2. The number of rotatable bonds is 7. The number of ether oxygens (including phenoxy) is 3. The highest BCUT2D eigenvalue weighted by Crippen LogP contribution is 2.44. The average Bonchev–Trinajstić information content (AvgIpc) is 2.88. The first-order valence-electron chi connectivity index (χ1n) is 11.5. The number of benzene rings is 3. The maximum atomic E-state index is 13.7. The molecule has 0 aromatic heterocycles. The van der Waals surface area contributed by atoms with Crippen molar-refractivity contribution in [2.75, 3.05) is 31.5 Å². The van der Waals surface area contributed by atoms with Crippen LogP contribution >= 0.6 is 0 Å². The van der Waals surface area contributed by atoms with Crippen LogP contribution in [0.25, 0.3) is 0 Å². The lowest BCUT2D eigenvalue weighted by Crippen LogP contribution is -2.47. The van der Waals surface area contributed by atoms with E-state index in [4.69, 9.17) is 14.2 Å². The van der Waals surface area contributed by atoms with Crippen LogP contribution in [0.2, 0.25) is 0 Å². The molecule has 0 radical (unpaired) electrons. The summed E-state index contributed by atoms with van der Waals surface area (Å²) in [5.74, 6) is 1.14. The zero-order chi connectivity index (χ0) is 24.9. The molecule has 0 spiro atoms. The number of hydrogen-bond acceptors (Lipinski definition) is 5. The van der Waals surface area contributed by atoms with Crippen molar-refractivity contribution in [3.63, 3.8) is 0 Å². The molecule has 182 valence electrons. The van der Waals surface area contributed by atoms with Crippen molar-refractivity contribution < 1.29 is 23.8 Å². The number of amides is 2. The summed E-state index contributed by atoms with van der Waals surface area (Å²) < 4.78 is 16.4. The minimum Gasteiger partial charge on any atom is -0.497 e. The van der Waals surface area contributed by atoms with Crippen molar-refractivity contribution in [1.29, 1.82) is 0 Å². The average molecular weight is 475 g/mol. The van der Waals surface area contributed by atoms with Gasteiger partial charge in [-0.25, -0.2) is 0 Å². The molecule has 2 atom stereocenters. The first-order chi connectivity index (χ1) is 17.0. The zero-order valence-electron chi connectivity index (χ0n) is 20.4. The summed E-state index contributed by atoms with van der Waals surface area (Å²) in [6.45, 7) is 1.96. The summed E-state index contributed by atoms with van der Waals surface area (Å²) in [4.78, 5) is 28.8. The van der Waals surface area contributed by atoms with E-state index >= 15 is 0 Å². The number of hydrogen-bond donors (Lipinski definition) is 1. The molecule has 1 aliphatic rings. The van der Waals surface area contributed by atoms with Crippen molar-refractivity contribution in [2.24, 2.45) is 5.92 Å². The van der Waals surface area contributed by atoms with Gasteiger partial charge < -0.3 is 24.4 Å². The monoisotopic (exact) mass is 474 g/mol. The molecule has 4 rings (SSSR count). The van der Waals surface area contributed by atoms with Crippen LogP contribution < -0.4 is 24.4 Å². The molecule has 1 fully saturated rings. The molecular formula is C28H30N2O5. The van der Waals surface area contributed by atoms with E-state index in [-0.39, 0.29) is 18.2 Å². The highest BCUT2D eigenvalue weighted by Gasteiger charge is 2.42. The Bertz CT molecular complexity index is 1210. The fourth-order valence-electron chi connectivity index (χ4n) is 4.63. The number of nitrogens with one attached hydrogen (secondary N) is 1. The van der Waals surface area contributed by atoms with Gasteiger partial charge in [0.05, 0.1) is 39.0 Å². The minimum atomic E-state index is -0.559. The van der Waals surface area contributed by atoms with E-state index in [1.165, 1.54) is 0 Å². The van der Waals surface area contributed by atoms with Crippen molar-refractivity contribution in [2.45, 2.75) is 25.8 Å². The maximum absolute atomic E-state index is 13.7. The fraction of sp³-hybridized carbons (Fsp3) is 0.286. The Morgan fingerprint density at radius 1 is 0.914 bits per heavy atom. The van der Waals surface area contributed by atoms with Gasteiger partial charge in [-0.15, -0.1) is 0 Å². The predicted octanol–water partition coefficient (Wildman–Crippen LogP) is 5.14. The van der Waals surface area contributed by atoms with E-state index in [1.54, 1.807) is 26.2 Å². The van der Waals surface area contributed by atoms with E-state index in [9.17, 15) is 9.59 Å². The third-order valence-electron chi connectivity index (χ3n) is 6.35. The Morgan fingerprint density at radius 2 is 1.63 bits per heavy atom. The highest BCUT2D eigenvalue weighted by molar-refractivity contribution is 6.01. The summed E-state index contributed by atoms with van der Waals surface area (Å²) in [5, 5.41) is 3.05. The third kappa shape index (κ3) is 4.94. The first-order valence-corrected chi connectivity index (χ1v) is 11.5. The smallest absolute Gasteiger partial charge is 0.230 e. The van der Waals surface area contributed by atoms with E-state index in [1.807, 2.05) is 73.7 Å². The molecular weight excluding hydrogens is 444 g/mol. The molecule has 0 bridgehead atoms. The molecule has 1 aliphatic heterocycles. The molecule has 0 saturated carbocycles. The van der Waals surface area contributed by atoms with Crippen molar-refractivity contribution >= 4 is 23.2 Å². The van der Waals surface area contributed by atoms with Gasteiger partial charge in [0.2, 0.25) is 11.8 Å². The van der Waals surface area contributed by atoms with E-state index < -0.39 is 12.0 Å². The van der Waals surface area contributed by atoms with Crippen molar-refractivity contribution in [1.82, 2.24) is 0 Å². The molecule has 35 heavy (non-hydrogen) atoms. The second-order valence-corrected chi connectivity index (χ2v) is 8.49. The Labute approximate surface area is 205 Å². The first kappa shape index (κ1) is 24.1. The quantitative estimate of drug-likeness (QED) is 0.513. The van der Waals surface area contributed by atoms with Crippen LogP contribution in [0.1, 0.15) is 30.0 Å². The van der Waals surface area contributed by atoms with Crippen LogP contribution in [-0.2, 0) is 9.59 Å². The molecule has 0 aliphatic carbocycles. The molecule has 3 aromatic carbocycles. The van der Waals surface area contributed by atoms with Gasteiger partial charge in [-0.2, -0.15) is 0 Å². The van der Waals surface area contributed by atoms with Gasteiger partial charge in [-0.3, -0.25) is 9.59 Å². The number of para-hydroxylation sites is 1. The van der Waals surface area contributed by atoms with Crippen LogP contribution in [0.15, 0.2) is 66.7 Å². The van der Waals surface area contributed by atoms with E-state index in [2.05, 4.69) is 5.32 Å². The van der Waals surface area contributed by atoms with Gasteiger partial charge in [0, 0.05) is 17.7 Å². The molecule has 1 heterocycles. The number of piperidine rings is 1. The largest absolute Gasteiger partial charge is 0.497 e. The summed E-state index contributed by atoms with van der Waals surface area (Å²) in [5.41, 5.74) is 3.07. The summed E-state index contributed by atoms with van der Waals surface area (Å²) >= 11 is 0. The van der Waals surface area contributed by atoms with Gasteiger partial charge >= 0.3 is 0 Å². The van der Waals surface area contributed by atoms with Crippen LogP contribution in [0.3, 0.4) is 0 Å². The Kier molecular flexibility index (Phi) is 7.25. The van der Waals surface area contributed by atoms with Crippen molar-refractivity contribution in [3.05, 3.63) is 77.9 Å². The summed E-state index contributed by atoms with van der Waals surface area (Å²) in [6, 6.07) is 19.9. The van der Waals surface area contributed by atoms with Gasteiger partial charge in [-0.05, 0) is 61.4 Å². The van der Waals surface area contributed by atoms with Crippen LogP contribution in [0.5, 0.6) is 17.2 Å². The van der Waals surface area contributed by atoms with E-state index in [0.717, 1.165) is 11.1 Å². The van der Waals surface area contributed by atoms with Gasteiger partial charge in [0.25, 0.3) is 0 Å². The molecule has 3 aromatic rings. The van der Waals surface area contributed by atoms with E-state index in [0.29, 0.717) is 35.0 Å². The molecule has 7 nitrogen and oxygen atoms in total. The lowest BCUT2D eigenvalue weighted by molar-refractivity contribution is -0.126. The van der Waals surface area contributed by atoms with Crippen LogP contribution in [-0.4, -0.2) is 33.1 Å². The molecule has 7 heteroatoms. The Morgan fingerprint density at radius 3 is 2.31 bits per heavy atom.